The van der Waals surface area contributed by atoms with Gasteiger partial charge in [0.15, 0.2) is 23.0 Å². The molecule has 0 radical (unpaired) electrons. The second kappa shape index (κ2) is 7.23. The third-order valence-corrected chi connectivity index (χ3v) is 6.35. The van der Waals surface area contributed by atoms with Gasteiger partial charge >= 0.3 is 0 Å². The molecule has 0 bridgehead atoms. The molecule has 1 aliphatic carbocycles. The maximum absolute atomic E-state index is 10.1. The van der Waals surface area contributed by atoms with Crippen LogP contribution >= 0.6 is 0 Å². The number of aromatic hydroxyl groups is 4. The minimum atomic E-state index is -0.144. The fraction of sp³-hybridized carbons (Fsp3) is 0.500. The summed E-state index contributed by atoms with van der Waals surface area (Å²) in [6.07, 6.45) is 5.28. The molecule has 4 N–H and O–H groups in total. The second-order valence-electron chi connectivity index (χ2n) is 9.47. The highest BCUT2D eigenvalue weighted by molar-refractivity contribution is 5.50. The quantitative estimate of drug-likeness (QED) is 0.457. The van der Waals surface area contributed by atoms with Crippen LogP contribution in [0.3, 0.4) is 0 Å². The maximum Gasteiger partial charge on any atom is 0.157 e. The number of rotatable bonds is 0. The highest BCUT2D eigenvalue weighted by atomic mass is 16.3. The molecule has 0 unspecified atom stereocenters. The molecule has 0 atom stereocenters. The molecule has 3 rings (SSSR count). The Morgan fingerprint density at radius 2 is 0.893 bits per heavy atom. The van der Waals surface area contributed by atoms with Crippen molar-refractivity contribution >= 4 is 0 Å². The molecule has 0 heterocycles. The van der Waals surface area contributed by atoms with Gasteiger partial charge in [-0.25, -0.2) is 0 Å². The van der Waals surface area contributed by atoms with Gasteiger partial charge in [0.1, 0.15) is 0 Å². The lowest BCUT2D eigenvalue weighted by Gasteiger charge is -2.32. The van der Waals surface area contributed by atoms with E-state index >= 15 is 0 Å². The van der Waals surface area contributed by atoms with E-state index in [9.17, 15) is 20.4 Å². The largest absolute Gasteiger partial charge is 0.504 e. The Hall–Kier alpha value is -2.36. The van der Waals surface area contributed by atoms with Crippen LogP contribution in [0, 0.1) is 0 Å². The Balaban J connectivity index is 2.03. The lowest BCUT2D eigenvalue weighted by atomic mass is 9.73. The third kappa shape index (κ3) is 3.91. The Morgan fingerprint density at radius 3 is 1.25 bits per heavy atom. The van der Waals surface area contributed by atoms with Crippen molar-refractivity contribution in [2.24, 2.45) is 0 Å². The van der Waals surface area contributed by atoms with Crippen LogP contribution in [0.25, 0.3) is 0 Å². The van der Waals surface area contributed by atoms with Gasteiger partial charge in [-0.05, 0) is 95.9 Å². The fourth-order valence-corrected chi connectivity index (χ4v) is 4.62. The zero-order valence-corrected chi connectivity index (χ0v) is 17.3. The van der Waals surface area contributed by atoms with Gasteiger partial charge in [-0.3, -0.25) is 0 Å². The summed E-state index contributed by atoms with van der Waals surface area (Å²) in [4.78, 5) is 0. The molecule has 0 saturated carbocycles. The highest BCUT2D eigenvalue weighted by Gasteiger charge is 2.29. The number of phenols is 4. The first-order chi connectivity index (χ1) is 13.0. The minimum absolute atomic E-state index is 0.0633. The summed E-state index contributed by atoms with van der Waals surface area (Å²) in [6.45, 7) is 8.70. The lowest BCUT2D eigenvalue weighted by Crippen LogP contribution is -2.23. The number of fused-ring (bicyclic) bond motifs is 2. The molecule has 0 aromatic heterocycles. The smallest absolute Gasteiger partial charge is 0.157 e. The normalized spacial score (nSPS) is 19.0. The van der Waals surface area contributed by atoms with Gasteiger partial charge in [0.2, 0.25) is 0 Å². The molecular formula is C24H32O4. The van der Waals surface area contributed by atoms with Crippen molar-refractivity contribution < 1.29 is 20.4 Å². The van der Waals surface area contributed by atoms with Crippen LogP contribution in [-0.2, 0) is 23.7 Å². The van der Waals surface area contributed by atoms with E-state index in [0.717, 1.165) is 60.8 Å². The molecule has 0 spiro atoms. The van der Waals surface area contributed by atoms with Gasteiger partial charge in [0.05, 0.1) is 0 Å². The molecule has 2 aromatic carbocycles. The van der Waals surface area contributed by atoms with E-state index in [1.54, 1.807) is 24.3 Å². The van der Waals surface area contributed by atoms with Gasteiger partial charge in [-0.15, -0.1) is 0 Å². The number of hydrogen-bond donors (Lipinski definition) is 4. The molecular weight excluding hydrogens is 352 g/mol. The summed E-state index contributed by atoms with van der Waals surface area (Å²) in [5.74, 6) is -0.256. The van der Waals surface area contributed by atoms with E-state index in [-0.39, 0.29) is 33.8 Å². The van der Waals surface area contributed by atoms with Crippen molar-refractivity contribution in [2.45, 2.75) is 77.0 Å². The lowest BCUT2D eigenvalue weighted by molar-refractivity contribution is 0.389. The molecule has 2 aromatic rings. The Kier molecular flexibility index (Phi) is 5.26. The van der Waals surface area contributed by atoms with Gasteiger partial charge in [0, 0.05) is 0 Å². The summed E-state index contributed by atoms with van der Waals surface area (Å²) >= 11 is 0. The van der Waals surface area contributed by atoms with E-state index in [1.165, 1.54) is 0 Å². The van der Waals surface area contributed by atoms with Crippen molar-refractivity contribution in [1.29, 1.82) is 0 Å². The predicted molar refractivity (Wildman–Crippen MR) is 111 cm³/mol. The monoisotopic (exact) mass is 384 g/mol. The SMILES string of the molecule is CC1(C)CCCc2cc(O)c(O)cc2C(C)(C)CCCc2cc(O)c(O)cc21. The standard InChI is InChI=1S/C24H32O4/c1-23(2)9-5-7-16-12-20(26)22(28)14-18(16)24(3,4)10-6-8-15-11-19(25)21(27)13-17(15)23/h11-14,25-28H,5-10H2,1-4H3. The number of phenolic OH excluding ortho intramolecular Hbond substituents is 4. The van der Waals surface area contributed by atoms with Gasteiger partial charge in [0.25, 0.3) is 0 Å². The molecule has 0 fully saturated rings. The Bertz CT molecular complexity index is 807. The summed E-state index contributed by atoms with van der Waals surface area (Å²) in [7, 11) is 0. The van der Waals surface area contributed by atoms with Crippen molar-refractivity contribution in [3.8, 4) is 23.0 Å². The predicted octanol–water partition coefficient (Wildman–Crippen LogP) is 5.42. The summed E-state index contributed by atoms with van der Waals surface area (Å²) in [5, 5.41) is 40.2. The van der Waals surface area contributed by atoms with Crippen LogP contribution in [0.15, 0.2) is 24.3 Å². The minimum Gasteiger partial charge on any atom is -0.504 e. The number of benzene rings is 2. The van der Waals surface area contributed by atoms with Crippen LogP contribution in [0.2, 0.25) is 0 Å². The first kappa shape index (κ1) is 20.4. The van der Waals surface area contributed by atoms with E-state index < -0.39 is 0 Å². The first-order valence-electron chi connectivity index (χ1n) is 10.1. The zero-order chi connectivity index (χ0) is 20.7. The summed E-state index contributed by atoms with van der Waals surface area (Å²) < 4.78 is 0. The van der Waals surface area contributed by atoms with Crippen molar-refractivity contribution in [2.75, 3.05) is 0 Å². The van der Waals surface area contributed by atoms with Gasteiger partial charge in [-0.1, -0.05) is 27.7 Å². The summed E-state index contributed by atoms with van der Waals surface area (Å²) in [6, 6.07) is 6.87. The van der Waals surface area contributed by atoms with Gasteiger partial charge < -0.3 is 20.4 Å². The number of aryl methyl sites for hydroxylation is 2. The van der Waals surface area contributed by atoms with Gasteiger partial charge in [-0.2, -0.15) is 0 Å². The van der Waals surface area contributed by atoms with Crippen molar-refractivity contribution in [3.05, 3.63) is 46.5 Å². The second-order valence-corrected chi connectivity index (χ2v) is 9.47. The summed E-state index contributed by atoms with van der Waals surface area (Å²) in [5.41, 5.74) is 4.07. The van der Waals surface area contributed by atoms with Crippen molar-refractivity contribution in [3.63, 3.8) is 0 Å². The van der Waals surface area contributed by atoms with Crippen LogP contribution in [0.4, 0.5) is 0 Å². The molecule has 28 heavy (non-hydrogen) atoms. The number of hydrogen-bond acceptors (Lipinski definition) is 4. The van der Waals surface area contributed by atoms with E-state index in [2.05, 4.69) is 27.7 Å². The molecule has 152 valence electrons. The molecule has 0 saturated heterocycles. The Labute approximate surface area is 167 Å². The molecule has 4 nitrogen and oxygen atoms in total. The first-order valence-corrected chi connectivity index (χ1v) is 10.1. The van der Waals surface area contributed by atoms with Crippen molar-refractivity contribution in [1.82, 2.24) is 0 Å². The zero-order valence-electron chi connectivity index (χ0n) is 17.3. The van der Waals surface area contributed by atoms with Crippen LogP contribution in [0.1, 0.15) is 75.6 Å². The van der Waals surface area contributed by atoms with Crippen LogP contribution < -0.4 is 0 Å². The fourth-order valence-electron chi connectivity index (χ4n) is 4.62. The van der Waals surface area contributed by atoms with E-state index in [4.69, 9.17) is 0 Å². The average Bonchev–Trinajstić information content (AvgIpc) is 2.59. The highest BCUT2D eigenvalue weighted by Crippen LogP contribution is 2.42. The van der Waals surface area contributed by atoms with E-state index in [1.807, 2.05) is 0 Å². The molecule has 4 heteroatoms. The average molecular weight is 385 g/mol. The van der Waals surface area contributed by atoms with Crippen LogP contribution in [-0.4, -0.2) is 20.4 Å². The topological polar surface area (TPSA) is 80.9 Å². The Morgan fingerprint density at radius 1 is 0.571 bits per heavy atom. The van der Waals surface area contributed by atoms with E-state index in [0.29, 0.717) is 0 Å². The maximum atomic E-state index is 10.1. The molecule has 1 aliphatic rings. The van der Waals surface area contributed by atoms with Crippen LogP contribution in [0.5, 0.6) is 23.0 Å². The molecule has 0 amide bonds. The molecule has 0 aliphatic heterocycles. The third-order valence-electron chi connectivity index (χ3n) is 6.35.